The lowest BCUT2D eigenvalue weighted by Crippen LogP contribution is -2.42. The average molecular weight is 515 g/mol. The number of amides is 1. The van der Waals surface area contributed by atoms with Gasteiger partial charge in [0.15, 0.2) is 0 Å². The number of fused-ring (bicyclic) bond motifs is 3. The van der Waals surface area contributed by atoms with E-state index >= 15 is 0 Å². The molecule has 2 aliphatic carbocycles. The van der Waals surface area contributed by atoms with E-state index in [1.807, 2.05) is 57.2 Å². The lowest BCUT2D eigenvalue weighted by atomic mass is 9.59. The molecule has 0 aliphatic heterocycles. The van der Waals surface area contributed by atoms with E-state index in [0.717, 1.165) is 56.3 Å². The van der Waals surface area contributed by atoms with Gasteiger partial charge in [0.25, 0.3) is 5.91 Å². The van der Waals surface area contributed by atoms with Crippen LogP contribution in [0.1, 0.15) is 98.5 Å². The Hall–Kier alpha value is -2.98. The summed E-state index contributed by atoms with van der Waals surface area (Å²) in [6, 6.07) is 20.3. The molecule has 0 bridgehead atoms. The molecule has 0 spiro atoms. The van der Waals surface area contributed by atoms with Crippen molar-refractivity contribution in [2.45, 2.75) is 97.5 Å². The monoisotopic (exact) mass is 514 g/mol. The Balaban J connectivity index is 0.000000381. The second kappa shape index (κ2) is 14.2. The Morgan fingerprint density at radius 2 is 1.82 bits per heavy atom. The summed E-state index contributed by atoms with van der Waals surface area (Å²) in [6.45, 7) is 10.2. The van der Waals surface area contributed by atoms with Crippen molar-refractivity contribution in [2.75, 3.05) is 5.32 Å². The van der Waals surface area contributed by atoms with Crippen LogP contribution in [0.2, 0.25) is 0 Å². The summed E-state index contributed by atoms with van der Waals surface area (Å²) in [4.78, 5) is 17.2. The van der Waals surface area contributed by atoms with E-state index in [1.165, 1.54) is 23.1 Å². The van der Waals surface area contributed by atoms with E-state index in [-0.39, 0.29) is 17.4 Å². The number of carbonyl (C=O) groups is 1. The number of rotatable bonds is 4. The molecule has 1 aromatic heterocycles. The van der Waals surface area contributed by atoms with E-state index in [1.54, 1.807) is 6.20 Å². The van der Waals surface area contributed by atoms with E-state index in [4.69, 9.17) is 0 Å². The van der Waals surface area contributed by atoms with Gasteiger partial charge >= 0.3 is 0 Å². The smallest absolute Gasteiger partial charge is 0.255 e. The summed E-state index contributed by atoms with van der Waals surface area (Å²) in [5, 5.41) is 13.3. The molecule has 5 rings (SSSR count). The number of hydrogen-bond acceptors (Lipinski definition) is 3. The zero-order valence-electron chi connectivity index (χ0n) is 24.0. The number of nitrogens with zero attached hydrogens (tertiary/aromatic N) is 1. The van der Waals surface area contributed by atoms with Crippen molar-refractivity contribution in [3.8, 4) is 0 Å². The maximum Gasteiger partial charge on any atom is 0.255 e. The number of nitrogens with one attached hydrogen (secondary N) is 1. The van der Waals surface area contributed by atoms with E-state index in [0.29, 0.717) is 11.5 Å². The van der Waals surface area contributed by atoms with Crippen LogP contribution in [-0.2, 0) is 11.8 Å². The van der Waals surface area contributed by atoms with Gasteiger partial charge in [-0.1, -0.05) is 69.2 Å². The molecule has 0 saturated heterocycles. The molecule has 3 unspecified atom stereocenters. The summed E-state index contributed by atoms with van der Waals surface area (Å²) < 4.78 is 0. The van der Waals surface area contributed by atoms with Crippen LogP contribution in [-0.4, -0.2) is 22.1 Å². The van der Waals surface area contributed by atoms with Crippen molar-refractivity contribution in [1.82, 2.24) is 4.98 Å². The van der Waals surface area contributed by atoms with Gasteiger partial charge in [0.05, 0.1) is 17.5 Å². The molecular formula is C34H46N2O2. The molecule has 1 heterocycles. The Morgan fingerprint density at radius 3 is 2.47 bits per heavy atom. The maximum atomic E-state index is 12.9. The van der Waals surface area contributed by atoms with E-state index < -0.39 is 0 Å². The second-order valence-electron chi connectivity index (χ2n) is 10.5. The van der Waals surface area contributed by atoms with Gasteiger partial charge in [0, 0.05) is 11.8 Å². The lowest BCUT2D eigenvalue weighted by Gasteiger charge is -2.46. The maximum absolute atomic E-state index is 12.9. The van der Waals surface area contributed by atoms with Crippen molar-refractivity contribution in [2.24, 2.45) is 5.92 Å². The van der Waals surface area contributed by atoms with Crippen LogP contribution < -0.4 is 5.32 Å². The topological polar surface area (TPSA) is 62.2 Å². The van der Waals surface area contributed by atoms with Crippen molar-refractivity contribution in [3.63, 3.8) is 0 Å². The zero-order valence-corrected chi connectivity index (χ0v) is 24.0. The highest BCUT2D eigenvalue weighted by atomic mass is 16.3. The first-order chi connectivity index (χ1) is 18.4. The molecular weight excluding hydrogens is 468 g/mol. The van der Waals surface area contributed by atoms with Gasteiger partial charge in [-0.05, 0) is 106 Å². The molecule has 2 N–H and O–H groups in total. The normalized spacial score (nSPS) is 21.7. The Kier molecular flexibility index (Phi) is 11.1. The number of carbonyl (C=O) groups excluding carboxylic acids is 1. The Labute approximate surface area is 229 Å². The van der Waals surface area contributed by atoms with Crippen molar-refractivity contribution < 1.29 is 9.90 Å². The quantitative estimate of drug-likeness (QED) is 0.369. The van der Waals surface area contributed by atoms with Crippen molar-refractivity contribution in [1.29, 1.82) is 0 Å². The number of aryl methyl sites for hydroxylation is 3. The van der Waals surface area contributed by atoms with Crippen LogP contribution in [0.3, 0.4) is 0 Å². The highest BCUT2D eigenvalue weighted by Crippen LogP contribution is 2.52. The second-order valence-corrected chi connectivity index (χ2v) is 10.5. The van der Waals surface area contributed by atoms with Gasteiger partial charge in [-0.2, -0.15) is 0 Å². The predicted octanol–water partition coefficient (Wildman–Crippen LogP) is 8.20. The fraction of sp³-hybridized carbons (Fsp3) is 0.471. The van der Waals surface area contributed by atoms with Gasteiger partial charge < -0.3 is 10.4 Å². The van der Waals surface area contributed by atoms with Gasteiger partial charge in [-0.15, -0.1) is 0 Å². The number of aliphatic hydroxyl groups excluding tert-OH is 1. The summed E-state index contributed by atoms with van der Waals surface area (Å²) in [5.74, 6) is 0.471. The number of pyridine rings is 1. The summed E-state index contributed by atoms with van der Waals surface area (Å²) in [5.41, 5.74) is 6.54. The molecule has 0 radical (unpaired) electrons. The number of anilines is 1. The number of benzene rings is 2. The fourth-order valence-corrected chi connectivity index (χ4v) is 6.27. The minimum atomic E-state index is -0.153. The molecule has 1 saturated carbocycles. The molecule has 2 aliphatic rings. The fourth-order valence-electron chi connectivity index (χ4n) is 6.27. The highest BCUT2D eigenvalue weighted by Gasteiger charge is 2.45. The minimum absolute atomic E-state index is 0.0756. The molecule has 1 fully saturated rings. The molecule has 2 aromatic carbocycles. The van der Waals surface area contributed by atoms with Gasteiger partial charge in [-0.25, -0.2) is 0 Å². The zero-order chi connectivity index (χ0) is 27.5. The molecule has 38 heavy (non-hydrogen) atoms. The lowest BCUT2D eigenvalue weighted by molar-refractivity contribution is 0.0427. The highest BCUT2D eigenvalue weighted by molar-refractivity contribution is 6.04. The third-order valence-electron chi connectivity index (χ3n) is 8.06. The first-order valence-corrected chi connectivity index (χ1v) is 14.5. The summed E-state index contributed by atoms with van der Waals surface area (Å²) >= 11 is 0. The molecule has 4 heteroatoms. The van der Waals surface area contributed by atoms with E-state index in [9.17, 15) is 9.90 Å². The van der Waals surface area contributed by atoms with E-state index in [2.05, 4.69) is 48.4 Å². The van der Waals surface area contributed by atoms with Crippen molar-refractivity contribution in [3.05, 3.63) is 94.8 Å². The first kappa shape index (κ1) is 29.6. The predicted molar refractivity (Wildman–Crippen MR) is 159 cm³/mol. The largest absolute Gasteiger partial charge is 0.393 e. The Morgan fingerprint density at radius 1 is 1.05 bits per heavy atom. The van der Waals surface area contributed by atoms with Crippen LogP contribution in [0.25, 0.3) is 0 Å². The summed E-state index contributed by atoms with van der Waals surface area (Å²) in [7, 11) is 0. The first-order valence-electron chi connectivity index (χ1n) is 14.5. The number of aromatic nitrogens is 1. The third kappa shape index (κ3) is 7.11. The standard InChI is InChI=1S/C25H32N2O2.C7H8.C2H6/c1-3-12-25-13-11-21(28)16-20(25)7-4-6-18-15-19(9-10-22(18)25)24(29)27-23-8-5-14-26-17(23)2;1-7-5-3-2-4-6-7;1-2/h5,8-10,14-15,20-21,28H,3-4,6-7,11-13,16H2,1-2H3,(H,27,29);2-6H,1H3;1-2H3. The van der Waals surface area contributed by atoms with Gasteiger partial charge in [-0.3, -0.25) is 9.78 Å². The third-order valence-corrected chi connectivity index (χ3v) is 8.06. The SMILES string of the molecule is CC.CCCC12CCC(O)CC1CCCc1cc(C(=O)Nc3cccnc3C)ccc12.Cc1ccccc1. The molecule has 1 amide bonds. The molecule has 4 nitrogen and oxygen atoms in total. The number of hydrogen-bond donors (Lipinski definition) is 2. The van der Waals surface area contributed by atoms with Crippen LogP contribution >= 0.6 is 0 Å². The van der Waals surface area contributed by atoms with Gasteiger partial charge in [0.1, 0.15) is 0 Å². The van der Waals surface area contributed by atoms with Crippen molar-refractivity contribution >= 4 is 11.6 Å². The van der Waals surface area contributed by atoms with Crippen LogP contribution in [0.5, 0.6) is 0 Å². The van der Waals surface area contributed by atoms with Crippen LogP contribution in [0.15, 0.2) is 66.9 Å². The Bertz CT molecular complexity index is 1160. The molecule has 204 valence electrons. The average Bonchev–Trinajstić information content (AvgIpc) is 3.08. The van der Waals surface area contributed by atoms with Crippen LogP contribution in [0.4, 0.5) is 5.69 Å². The minimum Gasteiger partial charge on any atom is -0.393 e. The van der Waals surface area contributed by atoms with Crippen LogP contribution in [0, 0.1) is 19.8 Å². The van der Waals surface area contributed by atoms with Gasteiger partial charge in [0.2, 0.25) is 0 Å². The molecule has 3 atom stereocenters. The number of aliphatic hydroxyl groups is 1. The summed E-state index contributed by atoms with van der Waals surface area (Å²) in [6.07, 6.45) is 10.1. The molecule has 3 aromatic rings.